The molecule has 0 aromatic heterocycles. The van der Waals surface area contributed by atoms with Crippen LogP contribution in [0.4, 0.5) is 5.69 Å². The van der Waals surface area contributed by atoms with Crippen LogP contribution in [0.15, 0.2) is 30.0 Å². The molecule has 1 aromatic rings. The zero-order valence-electron chi connectivity index (χ0n) is 18.4. The molecule has 0 atom stereocenters. The van der Waals surface area contributed by atoms with Gasteiger partial charge in [-0.1, -0.05) is 82.4 Å². The number of hydrogen-bond donors (Lipinski definition) is 1. The molecule has 1 heterocycles. The topological polar surface area (TPSA) is 76.1 Å². The van der Waals surface area contributed by atoms with Crippen LogP contribution in [0, 0.1) is 0 Å². The average Bonchev–Trinajstić information content (AvgIpc) is 3.05. The number of carbonyl (C=O) groups excluding carboxylic acids is 2. The molecule has 1 aliphatic rings. The number of aliphatic hydroxyl groups excluding tert-OH is 1. The normalized spacial score (nSPS) is 15.4. The average molecular weight is 452 g/mol. The fourth-order valence-corrected chi connectivity index (χ4v) is 3.78. The highest BCUT2D eigenvalue weighted by atomic mass is 35.5. The van der Waals surface area contributed by atoms with Gasteiger partial charge in [0.05, 0.1) is 30.1 Å². The number of Topliss-reactive ketones (excluding diaryl/α,β-unsaturated/α-hetero) is 1. The maximum Gasteiger partial charge on any atom is 0.265 e. The predicted octanol–water partition coefficient (Wildman–Crippen LogP) is 6.07. The van der Waals surface area contributed by atoms with Crippen molar-refractivity contribution in [3.8, 4) is 0 Å². The van der Waals surface area contributed by atoms with Crippen LogP contribution in [0.2, 0.25) is 5.02 Å². The SMILES string of the molecule is CCCCCCCCCCCCOOCc1ccc(Cl)c(N2CC(=O)/C(=C/O)C2=O)c1. The third kappa shape index (κ3) is 8.28. The maximum atomic E-state index is 12.3. The van der Waals surface area contributed by atoms with E-state index >= 15 is 0 Å². The minimum atomic E-state index is -0.565. The molecule has 0 bridgehead atoms. The summed E-state index contributed by atoms with van der Waals surface area (Å²) in [5.41, 5.74) is 0.939. The van der Waals surface area contributed by atoms with Crippen LogP contribution in [0.3, 0.4) is 0 Å². The van der Waals surface area contributed by atoms with E-state index in [9.17, 15) is 9.59 Å². The summed E-state index contributed by atoms with van der Waals surface area (Å²) >= 11 is 6.21. The number of halogens is 1. The van der Waals surface area contributed by atoms with E-state index in [0.717, 1.165) is 18.4 Å². The van der Waals surface area contributed by atoms with Crippen molar-refractivity contribution in [2.24, 2.45) is 0 Å². The van der Waals surface area contributed by atoms with Crippen LogP contribution in [0.5, 0.6) is 0 Å². The zero-order valence-corrected chi connectivity index (χ0v) is 19.2. The minimum absolute atomic E-state index is 0.148. The number of unbranched alkanes of at least 4 members (excludes halogenated alkanes) is 9. The van der Waals surface area contributed by atoms with Crippen LogP contribution in [0.25, 0.3) is 0 Å². The van der Waals surface area contributed by atoms with Crippen LogP contribution in [-0.4, -0.2) is 29.9 Å². The summed E-state index contributed by atoms with van der Waals surface area (Å²) in [5, 5.41) is 9.43. The van der Waals surface area contributed by atoms with Crippen molar-refractivity contribution in [2.75, 3.05) is 18.1 Å². The Morgan fingerprint density at radius 2 is 1.65 bits per heavy atom. The summed E-state index contributed by atoms with van der Waals surface area (Å²) in [7, 11) is 0. The first kappa shape index (κ1) is 25.4. The Bertz CT molecular complexity index is 749. The van der Waals surface area contributed by atoms with E-state index in [4.69, 9.17) is 26.5 Å². The molecule has 1 N–H and O–H groups in total. The smallest absolute Gasteiger partial charge is 0.265 e. The monoisotopic (exact) mass is 451 g/mol. The summed E-state index contributed by atoms with van der Waals surface area (Å²) in [6.45, 7) is 2.84. The number of anilines is 1. The Morgan fingerprint density at radius 1 is 1.00 bits per heavy atom. The van der Waals surface area contributed by atoms with Gasteiger partial charge in [-0.15, -0.1) is 0 Å². The number of benzene rings is 1. The van der Waals surface area contributed by atoms with Gasteiger partial charge in [-0.25, -0.2) is 9.78 Å². The number of amides is 1. The highest BCUT2D eigenvalue weighted by molar-refractivity contribution is 6.37. The second-order valence-corrected chi connectivity index (χ2v) is 8.32. The van der Waals surface area contributed by atoms with Crippen LogP contribution in [-0.2, 0) is 26.0 Å². The van der Waals surface area contributed by atoms with Gasteiger partial charge >= 0.3 is 0 Å². The lowest BCUT2D eigenvalue weighted by Gasteiger charge is -2.17. The Morgan fingerprint density at radius 3 is 2.26 bits per heavy atom. The van der Waals surface area contributed by atoms with Gasteiger partial charge < -0.3 is 5.11 Å². The summed E-state index contributed by atoms with van der Waals surface area (Å²) in [6, 6.07) is 5.12. The van der Waals surface area contributed by atoms with E-state index in [1.165, 1.54) is 56.3 Å². The molecular weight excluding hydrogens is 418 g/mol. The van der Waals surface area contributed by atoms with Gasteiger partial charge in [0.2, 0.25) is 0 Å². The second-order valence-electron chi connectivity index (χ2n) is 7.91. The molecule has 6 nitrogen and oxygen atoms in total. The van der Waals surface area contributed by atoms with Gasteiger partial charge in [0, 0.05) is 0 Å². The molecule has 7 heteroatoms. The fourth-order valence-electron chi connectivity index (χ4n) is 3.56. The number of ketones is 1. The third-order valence-corrected chi connectivity index (χ3v) is 5.72. The van der Waals surface area contributed by atoms with Crippen molar-refractivity contribution < 1.29 is 24.5 Å². The Labute approximate surface area is 190 Å². The molecule has 0 unspecified atom stereocenters. The molecule has 2 rings (SSSR count). The minimum Gasteiger partial charge on any atom is -0.515 e. The standard InChI is InChI=1S/C24H34ClNO5/c1-2-3-4-5-6-7-8-9-10-11-14-30-31-18-19-12-13-21(25)22(15-19)26-16-23(28)20(17-27)24(26)29/h12-13,15,17,27H,2-11,14,16,18H2,1H3/b20-17-. The molecule has 1 fully saturated rings. The summed E-state index contributed by atoms with van der Waals surface area (Å²) in [4.78, 5) is 35.9. The quantitative estimate of drug-likeness (QED) is 0.0874. The molecule has 172 valence electrons. The highest BCUT2D eigenvalue weighted by Gasteiger charge is 2.35. The molecule has 0 aliphatic carbocycles. The van der Waals surface area contributed by atoms with Crippen LogP contribution in [0.1, 0.15) is 76.7 Å². The number of aliphatic hydroxyl groups is 1. The lowest BCUT2D eigenvalue weighted by Crippen LogP contribution is -2.25. The fraction of sp³-hybridized carbons (Fsp3) is 0.583. The molecule has 1 aromatic carbocycles. The molecule has 0 radical (unpaired) electrons. The van der Waals surface area contributed by atoms with Gasteiger partial charge in [-0.05, 0) is 24.1 Å². The Balaban J connectivity index is 1.63. The van der Waals surface area contributed by atoms with Crippen LogP contribution < -0.4 is 4.90 Å². The molecule has 1 amide bonds. The number of carbonyl (C=O) groups is 2. The largest absolute Gasteiger partial charge is 0.515 e. The number of rotatable bonds is 15. The predicted molar refractivity (Wildman–Crippen MR) is 122 cm³/mol. The van der Waals surface area contributed by atoms with Gasteiger partial charge in [-0.2, -0.15) is 0 Å². The lowest BCUT2D eigenvalue weighted by molar-refractivity contribution is -0.304. The summed E-state index contributed by atoms with van der Waals surface area (Å²) in [5.74, 6) is -1.00. The molecule has 0 saturated carbocycles. The molecular formula is C24H34ClNO5. The third-order valence-electron chi connectivity index (χ3n) is 5.40. The van der Waals surface area contributed by atoms with E-state index in [1.54, 1.807) is 18.2 Å². The van der Waals surface area contributed by atoms with Crippen molar-refractivity contribution >= 4 is 29.0 Å². The van der Waals surface area contributed by atoms with E-state index < -0.39 is 11.7 Å². The number of hydrogen-bond acceptors (Lipinski definition) is 5. The van der Waals surface area contributed by atoms with Crippen molar-refractivity contribution in [2.45, 2.75) is 77.7 Å². The molecule has 1 saturated heterocycles. The van der Waals surface area contributed by atoms with Gasteiger partial charge in [0.25, 0.3) is 5.91 Å². The lowest BCUT2D eigenvalue weighted by atomic mass is 10.1. The highest BCUT2D eigenvalue weighted by Crippen LogP contribution is 2.31. The number of nitrogens with zero attached hydrogens (tertiary/aromatic N) is 1. The molecule has 31 heavy (non-hydrogen) atoms. The van der Waals surface area contributed by atoms with Gasteiger partial charge in [0.15, 0.2) is 5.78 Å². The first-order valence-electron chi connectivity index (χ1n) is 11.3. The van der Waals surface area contributed by atoms with Crippen LogP contribution >= 0.6 is 11.6 Å². The van der Waals surface area contributed by atoms with Gasteiger partial charge in [0.1, 0.15) is 12.2 Å². The summed E-state index contributed by atoms with van der Waals surface area (Å²) in [6.07, 6.45) is 13.2. The van der Waals surface area contributed by atoms with Crippen molar-refractivity contribution in [3.63, 3.8) is 0 Å². The second kappa shape index (κ2) is 14.2. The summed E-state index contributed by atoms with van der Waals surface area (Å²) < 4.78 is 0. The molecule has 0 spiro atoms. The van der Waals surface area contributed by atoms with Crippen molar-refractivity contribution in [1.29, 1.82) is 0 Å². The van der Waals surface area contributed by atoms with E-state index in [0.29, 0.717) is 23.6 Å². The van der Waals surface area contributed by atoms with E-state index in [-0.39, 0.29) is 18.7 Å². The Kier molecular flexibility index (Phi) is 11.6. The van der Waals surface area contributed by atoms with Gasteiger partial charge in [-0.3, -0.25) is 14.5 Å². The first-order chi connectivity index (χ1) is 15.1. The Hall–Kier alpha value is -1.89. The first-order valence-corrected chi connectivity index (χ1v) is 11.7. The van der Waals surface area contributed by atoms with E-state index in [2.05, 4.69) is 6.92 Å². The van der Waals surface area contributed by atoms with Crippen molar-refractivity contribution in [1.82, 2.24) is 0 Å². The maximum absolute atomic E-state index is 12.3. The zero-order chi connectivity index (χ0) is 22.5. The van der Waals surface area contributed by atoms with E-state index in [1.807, 2.05) is 0 Å². The van der Waals surface area contributed by atoms with Crippen molar-refractivity contribution in [3.05, 3.63) is 40.6 Å². The molecule has 1 aliphatic heterocycles.